The molecule has 0 aromatic heterocycles. The zero-order valence-electron chi connectivity index (χ0n) is 10.2. The van der Waals surface area contributed by atoms with Crippen molar-refractivity contribution < 1.29 is 17.9 Å². The van der Waals surface area contributed by atoms with Gasteiger partial charge in [-0.05, 0) is 12.0 Å². The Morgan fingerprint density at radius 2 is 1.83 bits per heavy atom. The standard InChI is InChI=1S/C12H16F3NO.ClH/c1-3-8(2)11(16)9-6-4-5-7-10(9)17-12(13,14)15;/h4-8,11H,3,16H2,1-2H3;1H/t8?,11-;/m1./s1. The van der Waals surface area contributed by atoms with Crippen LogP contribution in [0, 0.1) is 5.92 Å². The van der Waals surface area contributed by atoms with Crippen LogP contribution in [0.2, 0.25) is 0 Å². The van der Waals surface area contributed by atoms with Crippen LogP contribution in [0.25, 0.3) is 0 Å². The molecule has 1 rings (SSSR count). The van der Waals surface area contributed by atoms with Crippen LogP contribution in [-0.2, 0) is 0 Å². The Hall–Kier alpha value is -0.940. The summed E-state index contributed by atoms with van der Waals surface area (Å²) in [7, 11) is 0. The second-order valence-electron chi connectivity index (χ2n) is 4.00. The minimum atomic E-state index is -4.69. The summed E-state index contributed by atoms with van der Waals surface area (Å²) in [4.78, 5) is 0. The molecule has 0 aliphatic carbocycles. The lowest BCUT2D eigenvalue weighted by atomic mass is 9.93. The normalized spacial score (nSPS) is 14.6. The van der Waals surface area contributed by atoms with Crippen LogP contribution in [0.5, 0.6) is 5.75 Å². The lowest BCUT2D eigenvalue weighted by Gasteiger charge is -2.22. The predicted molar refractivity (Wildman–Crippen MR) is 66.8 cm³/mol. The predicted octanol–water partition coefficient (Wildman–Crippen LogP) is 4.05. The molecular weight excluding hydrogens is 267 g/mol. The summed E-state index contributed by atoms with van der Waals surface area (Å²) in [5.74, 6) is -0.124. The highest BCUT2D eigenvalue weighted by Crippen LogP contribution is 2.32. The Morgan fingerprint density at radius 3 is 2.33 bits per heavy atom. The first-order chi connectivity index (χ1) is 7.85. The van der Waals surface area contributed by atoms with Gasteiger partial charge in [-0.1, -0.05) is 38.5 Å². The molecule has 6 heteroatoms. The number of hydrogen-bond acceptors (Lipinski definition) is 2. The van der Waals surface area contributed by atoms with E-state index in [0.29, 0.717) is 5.56 Å². The summed E-state index contributed by atoms with van der Waals surface area (Å²) in [5, 5.41) is 0. The number of ether oxygens (including phenoxy) is 1. The molecule has 0 amide bonds. The van der Waals surface area contributed by atoms with Gasteiger partial charge in [-0.15, -0.1) is 25.6 Å². The zero-order chi connectivity index (χ0) is 13.1. The third-order valence-electron chi connectivity index (χ3n) is 2.76. The number of rotatable bonds is 4. The number of alkyl halides is 3. The maximum absolute atomic E-state index is 12.2. The largest absolute Gasteiger partial charge is 0.573 e. The van der Waals surface area contributed by atoms with E-state index in [1.807, 2.05) is 13.8 Å². The molecule has 0 aliphatic rings. The van der Waals surface area contributed by atoms with Gasteiger partial charge in [-0.3, -0.25) is 0 Å². The molecule has 0 saturated carbocycles. The average Bonchev–Trinajstić information content (AvgIpc) is 2.25. The van der Waals surface area contributed by atoms with Gasteiger partial charge in [0.05, 0.1) is 0 Å². The second-order valence-corrected chi connectivity index (χ2v) is 4.00. The van der Waals surface area contributed by atoms with Gasteiger partial charge < -0.3 is 10.5 Å². The van der Waals surface area contributed by atoms with E-state index >= 15 is 0 Å². The van der Waals surface area contributed by atoms with E-state index in [9.17, 15) is 13.2 Å². The molecule has 18 heavy (non-hydrogen) atoms. The molecule has 0 heterocycles. The topological polar surface area (TPSA) is 35.2 Å². The Kier molecular flexibility index (Phi) is 6.49. The molecule has 0 fully saturated rings. The van der Waals surface area contributed by atoms with Crippen molar-refractivity contribution in [2.75, 3.05) is 0 Å². The van der Waals surface area contributed by atoms with E-state index in [-0.39, 0.29) is 24.1 Å². The van der Waals surface area contributed by atoms with Crippen molar-refractivity contribution in [3.63, 3.8) is 0 Å². The Balaban J connectivity index is 0.00000289. The molecule has 1 unspecified atom stereocenters. The van der Waals surface area contributed by atoms with Crippen LogP contribution in [0.4, 0.5) is 13.2 Å². The first-order valence-electron chi connectivity index (χ1n) is 5.45. The van der Waals surface area contributed by atoms with Crippen molar-refractivity contribution in [2.24, 2.45) is 11.7 Å². The molecule has 0 spiro atoms. The molecular formula is C12H17ClF3NO. The summed E-state index contributed by atoms with van der Waals surface area (Å²) >= 11 is 0. The summed E-state index contributed by atoms with van der Waals surface area (Å²) in [6.45, 7) is 3.84. The molecule has 2 nitrogen and oxygen atoms in total. The molecule has 1 aromatic carbocycles. The van der Waals surface area contributed by atoms with E-state index in [2.05, 4.69) is 4.74 Å². The number of nitrogens with two attached hydrogens (primary N) is 1. The number of para-hydroxylation sites is 1. The lowest BCUT2D eigenvalue weighted by molar-refractivity contribution is -0.275. The lowest BCUT2D eigenvalue weighted by Crippen LogP contribution is -2.23. The second kappa shape index (κ2) is 6.85. The molecule has 104 valence electrons. The molecule has 0 aliphatic heterocycles. The van der Waals surface area contributed by atoms with Crippen molar-refractivity contribution >= 4 is 12.4 Å². The molecule has 0 bridgehead atoms. The van der Waals surface area contributed by atoms with Crippen molar-refractivity contribution in [1.29, 1.82) is 0 Å². The highest BCUT2D eigenvalue weighted by Gasteiger charge is 2.32. The van der Waals surface area contributed by atoms with Crippen molar-refractivity contribution in [2.45, 2.75) is 32.7 Å². The molecule has 2 atom stereocenters. The Bertz CT molecular complexity index is 371. The van der Waals surface area contributed by atoms with Gasteiger partial charge in [-0.2, -0.15) is 0 Å². The minimum absolute atomic E-state index is 0. The third-order valence-corrected chi connectivity index (χ3v) is 2.76. The van der Waals surface area contributed by atoms with E-state index in [1.165, 1.54) is 12.1 Å². The van der Waals surface area contributed by atoms with Gasteiger partial charge in [0.2, 0.25) is 0 Å². The summed E-state index contributed by atoms with van der Waals surface area (Å²) < 4.78 is 40.6. The molecule has 0 saturated heterocycles. The van der Waals surface area contributed by atoms with Gasteiger partial charge in [0, 0.05) is 11.6 Å². The quantitative estimate of drug-likeness (QED) is 0.904. The number of benzene rings is 1. The first kappa shape index (κ1) is 17.1. The van der Waals surface area contributed by atoms with Crippen molar-refractivity contribution in [3.8, 4) is 5.75 Å². The third kappa shape index (κ3) is 4.74. The minimum Gasteiger partial charge on any atom is -0.405 e. The van der Waals surface area contributed by atoms with Gasteiger partial charge in [0.25, 0.3) is 0 Å². The molecule has 2 N–H and O–H groups in total. The highest BCUT2D eigenvalue weighted by molar-refractivity contribution is 5.85. The number of hydrogen-bond donors (Lipinski definition) is 1. The fourth-order valence-electron chi connectivity index (χ4n) is 1.53. The van der Waals surface area contributed by atoms with Gasteiger partial charge in [-0.25, -0.2) is 0 Å². The van der Waals surface area contributed by atoms with Crippen LogP contribution in [0.15, 0.2) is 24.3 Å². The maximum atomic E-state index is 12.2. The fraction of sp³-hybridized carbons (Fsp3) is 0.500. The smallest absolute Gasteiger partial charge is 0.405 e. The van der Waals surface area contributed by atoms with E-state index in [0.717, 1.165) is 6.42 Å². The Labute approximate surface area is 111 Å². The molecule has 0 radical (unpaired) electrons. The zero-order valence-corrected chi connectivity index (χ0v) is 11.0. The summed E-state index contributed by atoms with van der Waals surface area (Å²) in [6, 6.07) is 5.54. The SMILES string of the molecule is CCC(C)[C@@H](N)c1ccccc1OC(F)(F)F.Cl. The monoisotopic (exact) mass is 283 g/mol. The van der Waals surface area contributed by atoms with Crippen LogP contribution in [0.1, 0.15) is 31.9 Å². The molecule has 1 aromatic rings. The first-order valence-corrected chi connectivity index (χ1v) is 5.45. The van der Waals surface area contributed by atoms with Gasteiger partial charge >= 0.3 is 6.36 Å². The van der Waals surface area contributed by atoms with E-state index in [1.54, 1.807) is 12.1 Å². The van der Waals surface area contributed by atoms with E-state index < -0.39 is 12.4 Å². The van der Waals surface area contributed by atoms with Crippen molar-refractivity contribution in [3.05, 3.63) is 29.8 Å². The summed E-state index contributed by atoms with van der Waals surface area (Å²) in [6.07, 6.45) is -3.90. The Morgan fingerprint density at radius 1 is 1.28 bits per heavy atom. The number of halogens is 4. The van der Waals surface area contributed by atoms with Crippen LogP contribution in [0.3, 0.4) is 0 Å². The fourth-order valence-corrected chi connectivity index (χ4v) is 1.53. The van der Waals surface area contributed by atoms with E-state index in [4.69, 9.17) is 5.73 Å². The van der Waals surface area contributed by atoms with Gasteiger partial charge in [0.15, 0.2) is 0 Å². The van der Waals surface area contributed by atoms with Crippen LogP contribution < -0.4 is 10.5 Å². The highest BCUT2D eigenvalue weighted by atomic mass is 35.5. The van der Waals surface area contributed by atoms with Crippen molar-refractivity contribution in [1.82, 2.24) is 0 Å². The van der Waals surface area contributed by atoms with Gasteiger partial charge in [0.1, 0.15) is 5.75 Å². The van der Waals surface area contributed by atoms with Crippen LogP contribution >= 0.6 is 12.4 Å². The van der Waals surface area contributed by atoms with Crippen LogP contribution in [-0.4, -0.2) is 6.36 Å². The maximum Gasteiger partial charge on any atom is 0.573 e. The average molecular weight is 284 g/mol. The summed E-state index contributed by atoms with van der Waals surface area (Å²) in [5.41, 5.74) is 6.31.